The summed E-state index contributed by atoms with van der Waals surface area (Å²) in [5.41, 5.74) is 0.584. The second-order valence-corrected chi connectivity index (χ2v) is 7.74. The van der Waals surface area contributed by atoms with Crippen LogP contribution in [0.5, 0.6) is 0 Å². The average Bonchev–Trinajstić information content (AvgIpc) is 2.80. The van der Waals surface area contributed by atoms with Crippen LogP contribution in [0.2, 0.25) is 0 Å². The van der Waals surface area contributed by atoms with Crippen molar-refractivity contribution in [1.29, 1.82) is 0 Å². The summed E-state index contributed by atoms with van der Waals surface area (Å²) in [7, 11) is 0. The Morgan fingerprint density at radius 1 is 1.37 bits per heavy atom. The van der Waals surface area contributed by atoms with Gasteiger partial charge in [0.15, 0.2) is 0 Å². The second kappa shape index (κ2) is 5.71. The topological polar surface area (TPSA) is 24.5 Å². The van der Waals surface area contributed by atoms with E-state index in [1.807, 2.05) is 0 Å². The van der Waals surface area contributed by atoms with Gasteiger partial charge < -0.3 is 10.1 Å². The highest BCUT2D eigenvalue weighted by Crippen LogP contribution is 2.31. The first-order chi connectivity index (χ1) is 8.84. The van der Waals surface area contributed by atoms with E-state index < -0.39 is 0 Å². The quantitative estimate of drug-likeness (QED) is 0.851. The lowest BCUT2D eigenvalue weighted by Crippen LogP contribution is -2.66. The second-order valence-electron chi connectivity index (χ2n) is 7.74. The van der Waals surface area contributed by atoms with Crippen LogP contribution < -0.4 is 5.32 Å². The standard InChI is InChI=1S/C16H32N2O/c1-6-16(5)12-18(11-13-8-7-9-19-13)14(10-17-16)15(2,3)4/h13-14,17H,6-12H2,1-5H3. The summed E-state index contributed by atoms with van der Waals surface area (Å²) in [5, 5.41) is 3.77. The van der Waals surface area contributed by atoms with Gasteiger partial charge in [-0.2, -0.15) is 0 Å². The third-order valence-corrected chi connectivity index (χ3v) is 4.96. The van der Waals surface area contributed by atoms with Crippen LogP contribution in [0.3, 0.4) is 0 Å². The summed E-state index contributed by atoms with van der Waals surface area (Å²) in [6, 6.07) is 0.608. The van der Waals surface area contributed by atoms with Gasteiger partial charge in [0.1, 0.15) is 0 Å². The Bertz CT molecular complexity index is 294. The summed E-state index contributed by atoms with van der Waals surface area (Å²) in [6.45, 7) is 16.0. The van der Waals surface area contributed by atoms with E-state index in [0.717, 1.165) is 26.2 Å². The average molecular weight is 268 g/mol. The van der Waals surface area contributed by atoms with Crippen LogP contribution in [0.4, 0.5) is 0 Å². The zero-order valence-electron chi connectivity index (χ0n) is 13.5. The lowest BCUT2D eigenvalue weighted by atomic mass is 9.81. The number of rotatable bonds is 3. The zero-order valence-corrected chi connectivity index (χ0v) is 13.5. The summed E-state index contributed by atoms with van der Waals surface area (Å²) in [5.74, 6) is 0. The molecule has 0 amide bonds. The van der Waals surface area contributed by atoms with Crippen molar-refractivity contribution < 1.29 is 4.74 Å². The van der Waals surface area contributed by atoms with Gasteiger partial charge in [0.25, 0.3) is 0 Å². The molecule has 19 heavy (non-hydrogen) atoms. The van der Waals surface area contributed by atoms with Crippen molar-refractivity contribution >= 4 is 0 Å². The highest BCUT2D eigenvalue weighted by Gasteiger charge is 2.40. The maximum absolute atomic E-state index is 5.86. The van der Waals surface area contributed by atoms with Crippen LogP contribution >= 0.6 is 0 Å². The predicted molar refractivity (Wildman–Crippen MR) is 80.5 cm³/mol. The van der Waals surface area contributed by atoms with Gasteiger partial charge in [-0.1, -0.05) is 27.7 Å². The molecule has 2 aliphatic heterocycles. The molecule has 0 radical (unpaired) electrons. The van der Waals surface area contributed by atoms with Crippen molar-refractivity contribution in [3.8, 4) is 0 Å². The zero-order chi connectivity index (χ0) is 14.1. The van der Waals surface area contributed by atoms with Gasteiger partial charge >= 0.3 is 0 Å². The molecule has 2 saturated heterocycles. The smallest absolute Gasteiger partial charge is 0.0702 e. The molecule has 3 heteroatoms. The third kappa shape index (κ3) is 3.71. The molecule has 0 spiro atoms. The number of ether oxygens (including phenoxy) is 1. The van der Waals surface area contributed by atoms with E-state index in [-0.39, 0.29) is 5.54 Å². The van der Waals surface area contributed by atoms with Gasteiger partial charge in [-0.15, -0.1) is 0 Å². The first-order valence-corrected chi connectivity index (χ1v) is 7.95. The monoisotopic (exact) mass is 268 g/mol. The van der Waals surface area contributed by atoms with Crippen LogP contribution in [0.15, 0.2) is 0 Å². The molecule has 0 aliphatic carbocycles. The van der Waals surface area contributed by atoms with Gasteiger partial charge in [0.2, 0.25) is 0 Å². The minimum atomic E-state index is 0.264. The fourth-order valence-electron chi connectivity index (χ4n) is 3.42. The first-order valence-electron chi connectivity index (χ1n) is 7.95. The molecule has 112 valence electrons. The largest absolute Gasteiger partial charge is 0.377 e. The lowest BCUT2D eigenvalue weighted by molar-refractivity contribution is -0.0116. The highest BCUT2D eigenvalue weighted by molar-refractivity contribution is 4.98. The molecule has 2 aliphatic rings. The van der Waals surface area contributed by atoms with Crippen molar-refractivity contribution in [2.45, 2.75) is 71.6 Å². The van der Waals surface area contributed by atoms with Gasteiger partial charge in [-0.05, 0) is 31.6 Å². The maximum atomic E-state index is 5.86. The van der Waals surface area contributed by atoms with Crippen molar-refractivity contribution in [1.82, 2.24) is 10.2 Å². The number of hydrogen-bond donors (Lipinski definition) is 1. The molecule has 0 aromatic carbocycles. The number of nitrogens with one attached hydrogen (secondary N) is 1. The molecule has 3 nitrogen and oxygen atoms in total. The molecule has 1 N–H and O–H groups in total. The molecule has 2 heterocycles. The molecule has 0 bridgehead atoms. The minimum absolute atomic E-state index is 0.264. The normalized spacial score (nSPS) is 37.7. The van der Waals surface area contributed by atoms with E-state index in [2.05, 4.69) is 44.8 Å². The SMILES string of the molecule is CCC1(C)CN(CC2CCCO2)C(C(C)(C)C)CN1. The molecule has 3 unspecified atom stereocenters. The summed E-state index contributed by atoms with van der Waals surface area (Å²) in [4.78, 5) is 2.69. The van der Waals surface area contributed by atoms with E-state index in [1.165, 1.54) is 19.3 Å². The van der Waals surface area contributed by atoms with Crippen molar-refractivity contribution in [2.75, 3.05) is 26.2 Å². The van der Waals surface area contributed by atoms with E-state index in [0.29, 0.717) is 17.6 Å². The first kappa shape index (κ1) is 15.3. The molecule has 0 saturated carbocycles. The van der Waals surface area contributed by atoms with Gasteiger partial charge in [0.05, 0.1) is 6.10 Å². The number of hydrogen-bond acceptors (Lipinski definition) is 3. The Balaban J connectivity index is 2.06. The van der Waals surface area contributed by atoms with Crippen molar-refractivity contribution in [3.63, 3.8) is 0 Å². The number of piperazine rings is 1. The molecular weight excluding hydrogens is 236 g/mol. The fourth-order valence-corrected chi connectivity index (χ4v) is 3.42. The predicted octanol–water partition coefficient (Wildman–Crippen LogP) is 2.65. The van der Waals surface area contributed by atoms with E-state index in [9.17, 15) is 0 Å². The van der Waals surface area contributed by atoms with Gasteiger partial charge in [-0.3, -0.25) is 4.90 Å². The van der Waals surface area contributed by atoms with Crippen molar-refractivity contribution in [2.24, 2.45) is 5.41 Å². The van der Waals surface area contributed by atoms with Crippen LogP contribution in [0, 0.1) is 5.41 Å². The molecule has 0 aromatic rings. The summed E-state index contributed by atoms with van der Waals surface area (Å²) in [6.07, 6.45) is 4.13. The number of nitrogens with zero attached hydrogens (tertiary/aromatic N) is 1. The molecule has 0 aromatic heterocycles. The Morgan fingerprint density at radius 3 is 2.63 bits per heavy atom. The fraction of sp³-hybridized carbons (Fsp3) is 1.00. The van der Waals surface area contributed by atoms with Crippen LogP contribution in [-0.2, 0) is 4.74 Å². The molecule has 2 rings (SSSR count). The summed E-state index contributed by atoms with van der Waals surface area (Å²) >= 11 is 0. The Morgan fingerprint density at radius 2 is 2.11 bits per heavy atom. The molecule has 2 fully saturated rings. The van der Waals surface area contributed by atoms with Crippen LogP contribution in [-0.4, -0.2) is 48.8 Å². The Hall–Kier alpha value is -0.120. The van der Waals surface area contributed by atoms with Gasteiger partial charge in [0, 0.05) is 37.8 Å². The summed E-state index contributed by atoms with van der Waals surface area (Å²) < 4.78 is 5.86. The maximum Gasteiger partial charge on any atom is 0.0702 e. The van der Waals surface area contributed by atoms with Crippen LogP contribution in [0.1, 0.15) is 53.9 Å². The van der Waals surface area contributed by atoms with E-state index >= 15 is 0 Å². The molecular formula is C16H32N2O. The minimum Gasteiger partial charge on any atom is -0.377 e. The van der Waals surface area contributed by atoms with E-state index in [1.54, 1.807) is 0 Å². The van der Waals surface area contributed by atoms with Gasteiger partial charge in [-0.25, -0.2) is 0 Å². The molecule has 3 atom stereocenters. The van der Waals surface area contributed by atoms with E-state index in [4.69, 9.17) is 4.74 Å². The Kier molecular flexibility index (Phi) is 4.59. The third-order valence-electron chi connectivity index (χ3n) is 4.96. The highest BCUT2D eigenvalue weighted by atomic mass is 16.5. The lowest BCUT2D eigenvalue weighted by Gasteiger charge is -2.51. The Labute approximate surface area is 119 Å². The van der Waals surface area contributed by atoms with Crippen LogP contribution in [0.25, 0.3) is 0 Å². The van der Waals surface area contributed by atoms with Crippen molar-refractivity contribution in [3.05, 3.63) is 0 Å².